The maximum Gasteiger partial charge on any atom is 0.211 e. The van der Waals surface area contributed by atoms with Crippen molar-refractivity contribution in [3.05, 3.63) is 53.1 Å². The Morgan fingerprint density at radius 1 is 1.00 bits per heavy atom. The standard InChI is InChI=1S/C27H39F2N5O2S/c1-31-9-8-27-26(18-31)30-19-34(27)24-5-10-32(11-6-24)12-7-25(21-15-22(28)17-23(29)16-21)20-3-13-33(14-4-20)37(2,35)36/h15-17,19-20,24-25H,3-14,18H2,1-2H3/t25-/m1/s1. The Morgan fingerprint density at radius 2 is 1.68 bits per heavy atom. The van der Waals surface area contributed by atoms with Crippen LogP contribution in [0.2, 0.25) is 0 Å². The SMILES string of the molecule is CN1CCc2c(ncn2C2CCN(CC[C@@H](c3cc(F)cc(F)c3)C3CCN(S(C)(=O)=O)CC3)CC2)C1. The predicted molar refractivity (Wildman–Crippen MR) is 140 cm³/mol. The molecule has 0 unspecified atom stereocenters. The van der Waals surface area contributed by atoms with Gasteiger partial charge in [0.05, 0.1) is 18.3 Å². The van der Waals surface area contributed by atoms with Gasteiger partial charge in [0.25, 0.3) is 0 Å². The molecule has 0 spiro atoms. The minimum Gasteiger partial charge on any atom is -0.331 e. The largest absolute Gasteiger partial charge is 0.331 e. The lowest BCUT2D eigenvalue weighted by atomic mass is 9.78. The van der Waals surface area contributed by atoms with E-state index in [0.29, 0.717) is 37.5 Å². The summed E-state index contributed by atoms with van der Waals surface area (Å²) in [4.78, 5) is 9.47. The number of fused-ring (bicyclic) bond motifs is 1. The highest BCUT2D eigenvalue weighted by Crippen LogP contribution is 2.37. The maximum atomic E-state index is 14.1. The summed E-state index contributed by atoms with van der Waals surface area (Å²) in [6, 6.07) is 4.32. The van der Waals surface area contributed by atoms with Crippen molar-refractivity contribution in [3.8, 4) is 0 Å². The number of likely N-dealkylation sites (tertiary alicyclic amines) is 1. The van der Waals surface area contributed by atoms with E-state index >= 15 is 0 Å². The highest BCUT2D eigenvalue weighted by Gasteiger charge is 2.32. The topological polar surface area (TPSA) is 61.7 Å². The highest BCUT2D eigenvalue weighted by molar-refractivity contribution is 7.88. The van der Waals surface area contributed by atoms with Crippen LogP contribution < -0.4 is 0 Å². The molecular weight excluding hydrogens is 496 g/mol. The molecule has 0 radical (unpaired) electrons. The number of hydrogen-bond donors (Lipinski definition) is 0. The molecule has 37 heavy (non-hydrogen) atoms. The Kier molecular flexibility index (Phi) is 8.00. The van der Waals surface area contributed by atoms with Crippen molar-refractivity contribution in [2.24, 2.45) is 5.92 Å². The lowest BCUT2D eigenvalue weighted by molar-refractivity contribution is 0.165. The molecule has 0 aliphatic carbocycles. The average Bonchev–Trinajstić information content (AvgIpc) is 3.27. The molecule has 7 nitrogen and oxygen atoms in total. The summed E-state index contributed by atoms with van der Waals surface area (Å²) in [6.07, 6.45) is 8.70. The molecule has 1 aromatic heterocycles. The molecule has 1 atom stereocenters. The summed E-state index contributed by atoms with van der Waals surface area (Å²) >= 11 is 0. The van der Waals surface area contributed by atoms with Gasteiger partial charge < -0.3 is 14.4 Å². The first-order chi connectivity index (χ1) is 17.7. The van der Waals surface area contributed by atoms with Crippen LogP contribution in [0.4, 0.5) is 8.78 Å². The smallest absolute Gasteiger partial charge is 0.211 e. The monoisotopic (exact) mass is 535 g/mol. The van der Waals surface area contributed by atoms with Crippen molar-refractivity contribution in [3.63, 3.8) is 0 Å². The summed E-state index contributed by atoms with van der Waals surface area (Å²) < 4.78 is 56.2. The Hall–Kier alpha value is -1.88. The Bertz CT molecular complexity index is 1170. The van der Waals surface area contributed by atoms with Gasteiger partial charge in [0.1, 0.15) is 11.6 Å². The molecule has 3 aliphatic heterocycles. The van der Waals surface area contributed by atoms with Crippen LogP contribution in [0, 0.1) is 17.6 Å². The van der Waals surface area contributed by atoms with Crippen molar-refractivity contribution in [2.45, 2.75) is 57.0 Å². The van der Waals surface area contributed by atoms with Gasteiger partial charge in [0.15, 0.2) is 0 Å². The molecule has 0 amide bonds. The molecule has 204 valence electrons. The fourth-order valence-electron chi connectivity index (χ4n) is 6.59. The summed E-state index contributed by atoms with van der Waals surface area (Å²) in [6.45, 7) is 5.79. The summed E-state index contributed by atoms with van der Waals surface area (Å²) in [5.74, 6) is -0.900. The molecule has 0 saturated carbocycles. The van der Waals surface area contributed by atoms with Crippen LogP contribution in [-0.2, 0) is 23.0 Å². The van der Waals surface area contributed by atoms with Crippen LogP contribution in [-0.4, -0.2) is 84.6 Å². The zero-order valence-electron chi connectivity index (χ0n) is 22.0. The third kappa shape index (κ3) is 6.24. The molecular formula is C27H39F2N5O2S. The molecule has 1 aromatic carbocycles. The van der Waals surface area contributed by atoms with Gasteiger partial charge in [-0.25, -0.2) is 26.5 Å². The molecule has 4 heterocycles. The second-order valence-corrected chi connectivity index (χ2v) is 13.2. The molecule has 2 saturated heterocycles. The van der Waals surface area contributed by atoms with E-state index in [4.69, 9.17) is 0 Å². The summed E-state index contributed by atoms with van der Waals surface area (Å²) in [5, 5.41) is 0. The lowest BCUT2D eigenvalue weighted by Crippen LogP contribution is -2.40. The van der Waals surface area contributed by atoms with Crippen LogP contribution >= 0.6 is 0 Å². The van der Waals surface area contributed by atoms with E-state index in [1.54, 1.807) is 0 Å². The molecule has 3 aliphatic rings. The van der Waals surface area contributed by atoms with Crippen LogP contribution in [0.5, 0.6) is 0 Å². The van der Waals surface area contributed by atoms with Gasteiger partial charge in [0, 0.05) is 63.5 Å². The Morgan fingerprint density at radius 3 is 2.32 bits per heavy atom. The number of likely N-dealkylation sites (N-methyl/N-ethyl adjacent to an activating group) is 1. The third-order valence-corrected chi connectivity index (χ3v) is 9.99. The minimum atomic E-state index is -3.22. The number of benzene rings is 1. The molecule has 10 heteroatoms. The van der Waals surface area contributed by atoms with Crippen LogP contribution in [0.15, 0.2) is 24.5 Å². The van der Waals surface area contributed by atoms with Crippen molar-refractivity contribution < 1.29 is 17.2 Å². The molecule has 0 bridgehead atoms. The van der Waals surface area contributed by atoms with Crippen LogP contribution in [0.3, 0.4) is 0 Å². The maximum absolute atomic E-state index is 14.1. The van der Waals surface area contributed by atoms with Gasteiger partial charge in [-0.3, -0.25) is 0 Å². The van der Waals surface area contributed by atoms with Gasteiger partial charge in [0.2, 0.25) is 10.0 Å². The number of rotatable bonds is 7. The normalized spacial score (nSPS) is 22.3. The minimum absolute atomic E-state index is 0.00212. The van der Waals surface area contributed by atoms with Crippen molar-refractivity contribution in [1.82, 2.24) is 23.7 Å². The number of aromatic nitrogens is 2. The molecule has 0 N–H and O–H groups in total. The van der Waals surface area contributed by atoms with Gasteiger partial charge >= 0.3 is 0 Å². The third-order valence-electron chi connectivity index (χ3n) is 8.69. The van der Waals surface area contributed by atoms with E-state index in [0.717, 1.165) is 64.5 Å². The predicted octanol–water partition coefficient (Wildman–Crippen LogP) is 3.63. The first kappa shape index (κ1) is 26.7. The van der Waals surface area contributed by atoms with E-state index in [1.165, 1.54) is 34.1 Å². The van der Waals surface area contributed by atoms with Crippen molar-refractivity contribution in [2.75, 3.05) is 52.6 Å². The number of halogens is 2. The average molecular weight is 536 g/mol. The van der Waals surface area contributed by atoms with Gasteiger partial charge in [-0.05, 0) is 75.2 Å². The number of sulfonamides is 1. The highest BCUT2D eigenvalue weighted by atomic mass is 32.2. The van der Waals surface area contributed by atoms with E-state index in [-0.39, 0.29) is 11.8 Å². The number of hydrogen-bond acceptors (Lipinski definition) is 5. The number of piperidine rings is 2. The number of nitrogens with zero attached hydrogens (tertiary/aromatic N) is 5. The fraction of sp³-hybridized carbons (Fsp3) is 0.667. The van der Waals surface area contributed by atoms with Crippen molar-refractivity contribution in [1.29, 1.82) is 0 Å². The van der Waals surface area contributed by atoms with E-state index in [1.807, 2.05) is 6.33 Å². The first-order valence-corrected chi connectivity index (χ1v) is 15.4. The second kappa shape index (κ2) is 11.1. The first-order valence-electron chi connectivity index (χ1n) is 13.5. The van der Waals surface area contributed by atoms with Crippen LogP contribution in [0.25, 0.3) is 0 Å². The molecule has 5 rings (SSSR count). The lowest BCUT2D eigenvalue weighted by Gasteiger charge is -2.38. The van der Waals surface area contributed by atoms with E-state index in [9.17, 15) is 17.2 Å². The Balaban J connectivity index is 1.22. The summed E-state index contributed by atoms with van der Waals surface area (Å²) in [5.41, 5.74) is 3.30. The number of imidazole rings is 1. The van der Waals surface area contributed by atoms with Crippen molar-refractivity contribution >= 4 is 10.0 Å². The zero-order valence-corrected chi connectivity index (χ0v) is 22.8. The fourth-order valence-corrected chi connectivity index (χ4v) is 7.47. The molecule has 2 aromatic rings. The Labute approximate surface area is 219 Å². The van der Waals surface area contributed by atoms with Gasteiger partial charge in [-0.1, -0.05) is 0 Å². The van der Waals surface area contributed by atoms with Gasteiger partial charge in [-0.2, -0.15) is 0 Å². The van der Waals surface area contributed by atoms with E-state index in [2.05, 4.69) is 26.4 Å². The van der Waals surface area contributed by atoms with Gasteiger partial charge in [-0.15, -0.1) is 0 Å². The zero-order chi connectivity index (χ0) is 26.2. The summed E-state index contributed by atoms with van der Waals surface area (Å²) in [7, 11) is -1.08. The second-order valence-electron chi connectivity index (χ2n) is 11.2. The van der Waals surface area contributed by atoms with E-state index < -0.39 is 21.7 Å². The quantitative estimate of drug-likeness (QED) is 0.542. The molecule has 2 fully saturated rings. The van der Waals surface area contributed by atoms with Crippen LogP contribution in [0.1, 0.15) is 61.0 Å².